The number of aliphatic hydroxyl groups is 1. The van der Waals surface area contributed by atoms with E-state index >= 15 is 0 Å². The molecule has 0 spiro atoms. The number of nitrogens with one attached hydrogen (secondary N) is 1. The summed E-state index contributed by atoms with van der Waals surface area (Å²) in [6, 6.07) is 0. The Bertz CT molecular complexity index is 191. The second kappa shape index (κ2) is 6.55. The normalized spacial score (nSPS) is 16.5. The van der Waals surface area contributed by atoms with Crippen LogP contribution in [0.2, 0.25) is 0 Å². The van der Waals surface area contributed by atoms with Gasteiger partial charge in [0.1, 0.15) is 0 Å². The van der Waals surface area contributed by atoms with Crippen molar-refractivity contribution in [1.82, 2.24) is 10.2 Å². The topological polar surface area (TPSA) is 44.7 Å². The Hall–Kier alpha value is -0.160. The van der Waals surface area contributed by atoms with Gasteiger partial charge in [-0.05, 0) is 47.8 Å². The Kier molecular flexibility index (Phi) is 6.48. The van der Waals surface area contributed by atoms with Crippen molar-refractivity contribution in [2.24, 2.45) is 0 Å². The molecule has 0 rings (SSSR count). The van der Waals surface area contributed by atoms with Gasteiger partial charge < -0.3 is 20.1 Å². The standard InChI is InChI=1S/C12H28N2O2/c1-11(2,16-6)7-8-13-9-12(3,15)10-14(4)5/h13,15H,7-10H2,1-6H3. The van der Waals surface area contributed by atoms with E-state index in [0.717, 1.165) is 13.0 Å². The highest BCUT2D eigenvalue weighted by atomic mass is 16.5. The predicted octanol–water partition coefficient (Wildman–Crippen LogP) is 0.704. The fourth-order valence-corrected chi connectivity index (χ4v) is 1.59. The molecule has 2 N–H and O–H groups in total. The summed E-state index contributed by atoms with van der Waals surface area (Å²) < 4.78 is 5.32. The van der Waals surface area contributed by atoms with Gasteiger partial charge in [-0.1, -0.05) is 0 Å². The molecule has 0 aromatic carbocycles. The van der Waals surface area contributed by atoms with E-state index in [1.54, 1.807) is 7.11 Å². The van der Waals surface area contributed by atoms with Gasteiger partial charge in [0.15, 0.2) is 0 Å². The maximum absolute atomic E-state index is 10.0. The highest BCUT2D eigenvalue weighted by Crippen LogP contribution is 2.11. The first-order valence-electron chi connectivity index (χ1n) is 5.81. The van der Waals surface area contributed by atoms with Crippen LogP contribution in [0, 0.1) is 0 Å². The summed E-state index contributed by atoms with van der Waals surface area (Å²) in [6.07, 6.45) is 0.932. The molecule has 0 aromatic heterocycles. The molecule has 4 heteroatoms. The zero-order valence-electron chi connectivity index (χ0n) is 11.6. The van der Waals surface area contributed by atoms with Gasteiger partial charge in [0, 0.05) is 20.2 Å². The maximum atomic E-state index is 10.0. The quantitative estimate of drug-likeness (QED) is 0.605. The summed E-state index contributed by atoms with van der Waals surface area (Å²) in [5, 5.41) is 13.3. The van der Waals surface area contributed by atoms with Crippen LogP contribution < -0.4 is 5.32 Å². The van der Waals surface area contributed by atoms with Crippen molar-refractivity contribution < 1.29 is 9.84 Å². The molecule has 0 amide bonds. The Morgan fingerprint density at radius 1 is 1.25 bits per heavy atom. The molecule has 0 aromatic rings. The number of nitrogens with zero attached hydrogens (tertiary/aromatic N) is 1. The molecule has 0 aliphatic rings. The third kappa shape index (κ3) is 8.05. The minimum Gasteiger partial charge on any atom is -0.388 e. The van der Waals surface area contributed by atoms with E-state index in [1.165, 1.54) is 0 Å². The van der Waals surface area contributed by atoms with Crippen molar-refractivity contribution in [2.75, 3.05) is 40.8 Å². The summed E-state index contributed by atoms with van der Waals surface area (Å²) in [5.41, 5.74) is -0.777. The van der Waals surface area contributed by atoms with Gasteiger partial charge in [0.25, 0.3) is 0 Å². The summed E-state index contributed by atoms with van der Waals surface area (Å²) in [6.45, 7) is 8.09. The van der Waals surface area contributed by atoms with Crippen LogP contribution in [0.5, 0.6) is 0 Å². The van der Waals surface area contributed by atoms with Crippen LogP contribution in [0.3, 0.4) is 0 Å². The van der Waals surface area contributed by atoms with Gasteiger partial charge in [-0.3, -0.25) is 0 Å². The lowest BCUT2D eigenvalue weighted by atomic mass is 10.0. The van der Waals surface area contributed by atoms with E-state index in [0.29, 0.717) is 13.1 Å². The minimum atomic E-state index is -0.680. The van der Waals surface area contributed by atoms with E-state index < -0.39 is 5.60 Å². The molecule has 0 saturated heterocycles. The summed E-state index contributed by atoms with van der Waals surface area (Å²) in [5.74, 6) is 0. The maximum Gasteiger partial charge on any atom is 0.0869 e. The molecule has 0 saturated carbocycles. The van der Waals surface area contributed by atoms with E-state index in [4.69, 9.17) is 4.74 Å². The molecule has 0 aliphatic carbocycles. The lowest BCUT2D eigenvalue weighted by Crippen LogP contribution is -2.46. The highest BCUT2D eigenvalue weighted by Gasteiger charge is 2.21. The number of rotatable bonds is 8. The van der Waals surface area contributed by atoms with Gasteiger partial charge in [-0.15, -0.1) is 0 Å². The van der Waals surface area contributed by atoms with Gasteiger partial charge >= 0.3 is 0 Å². The second-order valence-electron chi connectivity index (χ2n) is 5.63. The smallest absolute Gasteiger partial charge is 0.0869 e. The van der Waals surface area contributed by atoms with Crippen molar-refractivity contribution in [1.29, 1.82) is 0 Å². The van der Waals surface area contributed by atoms with Crippen molar-refractivity contribution in [3.05, 3.63) is 0 Å². The third-order valence-corrected chi connectivity index (χ3v) is 2.62. The Balaban J connectivity index is 3.73. The van der Waals surface area contributed by atoms with Gasteiger partial charge in [0.05, 0.1) is 11.2 Å². The molecular weight excluding hydrogens is 204 g/mol. The van der Waals surface area contributed by atoms with Gasteiger partial charge in [-0.25, -0.2) is 0 Å². The molecule has 1 atom stereocenters. The van der Waals surface area contributed by atoms with Crippen LogP contribution in [0.1, 0.15) is 27.2 Å². The van der Waals surface area contributed by atoms with Crippen LogP contribution >= 0.6 is 0 Å². The Morgan fingerprint density at radius 2 is 1.81 bits per heavy atom. The second-order valence-corrected chi connectivity index (χ2v) is 5.63. The van der Waals surface area contributed by atoms with Crippen LogP contribution in [-0.4, -0.2) is 62.0 Å². The number of methoxy groups -OCH3 is 1. The molecule has 0 radical (unpaired) electrons. The first-order valence-corrected chi connectivity index (χ1v) is 5.81. The summed E-state index contributed by atoms with van der Waals surface area (Å²) in [4.78, 5) is 1.99. The molecule has 0 fully saturated rings. The molecule has 98 valence electrons. The zero-order chi connectivity index (χ0) is 12.8. The van der Waals surface area contributed by atoms with E-state index in [1.807, 2.05) is 25.9 Å². The molecular formula is C12H28N2O2. The van der Waals surface area contributed by atoms with Crippen LogP contribution in [0.4, 0.5) is 0 Å². The van der Waals surface area contributed by atoms with E-state index in [-0.39, 0.29) is 5.60 Å². The average Bonchev–Trinajstić information content (AvgIpc) is 2.11. The SMILES string of the molecule is COC(C)(C)CCNCC(C)(O)CN(C)C. The summed E-state index contributed by atoms with van der Waals surface area (Å²) in [7, 11) is 5.65. The van der Waals surface area contributed by atoms with Gasteiger partial charge in [-0.2, -0.15) is 0 Å². The Labute approximate surface area is 100.0 Å². The van der Waals surface area contributed by atoms with Crippen LogP contribution in [0.15, 0.2) is 0 Å². The number of ether oxygens (including phenoxy) is 1. The van der Waals surface area contributed by atoms with E-state index in [2.05, 4.69) is 19.2 Å². The average molecular weight is 232 g/mol. The Morgan fingerprint density at radius 3 is 2.25 bits per heavy atom. The monoisotopic (exact) mass is 232 g/mol. The van der Waals surface area contributed by atoms with Crippen molar-refractivity contribution >= 4 is 0 Å². The largest absolute Gasteiger partial charge is 0.388 e. The minimum absolute atomic E-state index is 0.0968. The molecule has 16 heavy (non-hydrogen) atoms. The fraction of sp³-hybridized carbons (Fsp3) is 1.00. The third-order valence-electron chi connectivity index (χ3n) is 2.62. The molecule has 0 heterocycles. The van der Waals surface area contributed by atoms with Crippen molar-refractivity contribution in [3.8, 4) is 0 Å². The number of likely N-dealkylation sites (N-methyl/N-ethyl adjacent to an activating group) is 1. The lowest BCUT2D eigenvalue weighted by molar-refractivity contribution is 0.00995. The highest BCUT2D eigenvalue weighted by molar-refractivity contribution is 4.79. The van der Waals surface area contributed by atoms with Crippen molar-refractivity contribution in [3.63, 3.8) is 0 Å². The summed E-state index contributed by atoms with van der Waals surface area (Å²) >= 11 is 0. The van der Waals surface area contributed by atoms with Crippen LogP contribution in [-0.2, 0) is 4.74 Å². The fourth-order valence-electron chi connectivity index (χ4n) is 1.59. The zero-order valence-corrected chi connectivity index (χ0v) is 11.6. The molecule has 0 bridgehead atoms. The van der Waals surface area contributed by atoms with Crippen molar-refractivity contribution in [2.45, 2.75) is 38.4 Å². The molecule has 0 aliphatic heterocycles. The van der Waals surface area contributed by atoms with Gasteiger partial charge in [0.2, 0.25) is 0 Å². The molecule has 4 nitrogen and oxygen atoms in total. The number of hydrogen-bond acceptors (Lipinski definition) is 4. The predicted molar refractivity (Wildman–Crippen MR) is 67.8 cm³/mol. The van der Waals surface area contributed by atoms with E-state index in [9.17, 15) is 5.11 Å². The van der Waals surface area contributed by atoms with Crippen LogP contribution in [0.25, 0.3) is 0 Å². The first-order chi connectivity index (χ1) is 7.18. The number of hydrogen-bond donors (Lipinski definition) is 2. The molecule has 1 unspecified atom stereocenters. The first kappa shape index (κ1) is 15.8. The lowest BCUT2D eigenvalue weighted by Gasteiger charge is -2.28.